The van der Waals surface area contributed by atoms with Crippen LogP contribution in [-0.2, 0) is 22.4 Å². The highest BCUT2D eigenvalue weighted by Gasteiger charge is 2.30. The zero-order chi connectivity index (χ0) is 27.9. The van der Waals surface area contributed by atoms with Crippen LogP contribution in [0.5, 0.6) is 11.5 Å². The van der Waals surface area contributed by atoms with Crippen molar-refractivity contribution in [3.05, 3.63) is 85.8 Å². The minimum Gasteiger partial charge on any atom is -0.493 e. The van der Waals surface area contributed by atoms with Crippen LogP contribution in [0, 0.1) is 0 Å². The van der Waals surface area contributed by atoms with Gasteiger partial charge in [0.1, 0.15) is 13.0 Å². The van der Waals surface area contributed by atoms with Crippen LogP contribution in [0.25, 0.3) is 0 Å². The molecular formula is C25H19BrCl2F3N3O4. The molecule has 0 atom stereocenters. The summed E-state index contributed by atoms with van der Waals surface area (Å²) in [5.74, 6) is -0.788. The number of carbonyl (C=O) groups is 2. The Labute approximate surface area is 234 Å². The van der Waals surface area contributed by atoms with Crippen LogP contribution in [-0.4, -0.2) is 25.1 Å². The fraction of sp³-hybridized carbons (Fsp3) is 0.160. The standard InChI is InChI=1S/C25H19BrCl2F3N3O4/c1-37-21-8-14(7-19(26)24(21)38-13-15-5-6-17(27)10-20(15)28)12-32-34-23(36)11-22(35)33-18-4-2-3-16(9-18)25(29,30)31/h2-10,12H,11,13H2,1H3,(H,33,35)(H,34,36). The Bertz CT molecular complexity index is 1370. The molecule has 0 spiro atoms. The smallest absolute Gasteiger partial charge is 0.416 e. The van der Waals surface area contributed by atoms with Gasteiger partial charge in [-0.3, -0.25) is 9.59 Å². The molecular weight excluding hydrogens is 614 g/mol. The topological polar surface area (TPSA) is 89.0 Å². The Morgan fingerprint density at radius 3 is 2.53 bits per heavy atom. The first-order valence-electron chi connectivity index (χ1n) is 10.7. The number of carbonyl (C=O) groups excluding carboxylic acids is 2. The molecule has 0 unspecified atom stereocenters. The fourth-order valence-electron chi connectivity index (χ4n) is 3.09. The maximum atomic E-state index is 12.8. The van der Waals surface area contributed by atoms with E-state index in [2.05, 4.69) is 31.8 Å². The number of hydrazone groups is 1. The highest BCUT2D eigenvalue weighted by Crippen LogP contribution is 2.37. The van der Waals surface area contributed by atoms with Gasteiger partial charge in [0.05, 0.1) is 23.4 Å². The summed E-state index contributed by atoms with van der Waals surface area (Å²) in [6, 6.07) is 12.4. The minimum absolute atomic E-state index is 0.0845. The van der Waals surface area contributed by atoms with Crippen molar-refractivity contribution in [3.63, 3.8) is 0 Å². The lowest BCUT2D eigenvalue weighted by Gasteiger charge is -2.14. The monoisotopic (exact) mass is 631 g/mol. The van der Waals surface area contributed by atoms with Gasteiger partial charge in [-0.2, -0.15) is 18.3 Å². The number of methoxy groups -OCH3 is 1. The largest absolute Gasteiger partial charge is 0.493 e. The van der Waals surface area contributed by atoms with Crippen LogP contribution >= 0.6 is 39.1 Å². The Morgan fingerprint density at radius 1 is 1.08 bits per heavy atom. The molecule has 0 saturated heterocycles. The lowest BCUT2D eigenvalue weighted by atomic mass is 10.2. The zero-order valence-corrected chi connectivity index (χ0v) is 22.6. The first kappa shape index (κ1) is 29.3. The molecule has 3 aromatic carbocycles. The summed E-state index contributed by atoms with van der Waals surface area (Å²) >= 11 is 15.5. The van der Waals surface area contributed by atoms with Crippen molar-refractivity contribution in [1.29, 1.82) is 0 Å². The van der Waals surface area contributed by atoms with E-state index in [1.807, 2.05) is 0 Å². The van der Waals surface area contributed by atoms with Crippen LogP contribution in [0.15, 0.2) is 64.2 Å². The van der Waals surface area contributed by atoms with Crippen LogP contribution < -0.4 is 20.2 Å². The summed E-state index contributed by atoms with van der Waals surface area (Å²) in [5, 5.41) is 7.01. The Morgan fingerprint density at radius 2 is 1.84 bits per heavy atom. The first-order chi connectivity index (χ1) is 18.0. The Hall–Kier alpha value is -3.28. The molecule has 0 aliphatic rings. The summed E-state index contributed by atoms with van der Waals surface area (Å²) in [6.07, 6.45) is -3.89. The molecule has 0 aromatic heterocycles. The number of ether oxygens (including phenoxy) is 2. The van der Waals surface area contributed by atoms with Gasteiger partial charge in [-0.25, -0.2) is 5.43 Å². The number of hydrogen-bond acceptors (Lipinski definition) is 5. The van der Waals surface area contributed by atoms with Crippen molar-refractivity contribution in [2.75, 3.05) is 12.4 Å². The third kappa shape index (κ3) is 8.37. The number of hydrogen-bond donors (Lipinski definition) is 2. The van der Waals surface area contributed by atoms with Crippen LogP contribution in [0.2, 0.25) is 10.0 Å². The third-order valence-electron chi connectivity index (χ3n) is 4.84. The molecule has 13 heteroatoms. The molecule has 0 aliphatic heterocycles. The van der Waals surface area contributed by atoms with E-state index < -0.39 is 30.0 Å². The molecule has 38 heavy (non-hydrogen) atoms. The normalized spacial score (nSPS) is 11.3. The molecule has 3 aromatic rings. The number of anilines is 1. The van der Waals surface area contributed by atoms with E-state index in [1.54, 1.807) is 30.3 Å². The maximum absolute atomic E-state index is 12.8. The molecule has 0 radical (unpaired) electrons. The molecule has 7 nitrogen and oxygen atoms in total. The number of amides is 2. The maximum Gasteiger partial charge on any atom is 0.416 e. The highest BCUT2D eigenvalue weighted by atomic mass is 79.9. The molecule has 0 saturated carbocycles. The van der Waals surface area contributed by atoms with Gasteiger partial charge in [-0.05, 0) is 64.0 Å². The van der Waals surface area contributed by atoms with Gasteiger partial charge in [-0.15, -0.1) is 0 Å². The molecule has 200 valence electrons. The van der Waals surface area contributed by atoms with E-state index in [-0.39, 0.29) is 12.3 Å². The second-order valence-electron chi connectivity index (χ2n) is 7.66. The van der Waals surface area contributed by atoms with E-state index >= 15 is 0 Å². The second-order valence-corrected chi connectivity index (χ2v) is 9.35. The quantitative estimate of drug-likeness (QED) is 0.154. The van der Waals surface area contributed by atoms with E-state index in [0.29, 0.717) is 31.6 Å². The molecule has 3 rings (SSSR count). The number of benzene rings is 3. The van der Waals surface area contributed by atoms with Crippen LogP contribution in [0.3, 0.4) is 0 Å². The molecule has 2 amide bonds. The van der Waals surface area contributed by atoms with Crippen molar-refractivity contribution >= 4 is 62.8 Å². The lowest BCUT2D eigenvalue weighted by molar-refractivity contribution is -0.137. The second kappa shape index (κ2) is 13.0. The molecule has 0 heterocycles. The summed E-state index contributed by atoms with van der Waals surface area (Å²) < 4.78 is 50.2. The Balaban J connectivity index is 1.57. The van der Waals surface area contributed by atoms with Gasteiger partial charge in [0, 0.05) is 21.3 Å². The SMILES string of the molecule is COc1cc(C=NNC(=O)CC(=O)Nc2cccc(C(F)(F)F)c2)cc(Br)c1OCc1ccc(Cl)cc1Cl. The van der Waals surface area contributed by atoms with Crippen molar-refractivity contribution < 1.29 is 32.2 Å². The average molecular weight is 633 g/mol. The fourth-order valence-corrected chi connectivity index (χ4v) is 4.12. The zero-order valence-electron chi connectivity index (χ0n) is 19.5. The number of nitrogens with zero attached hydrogens (tertiary/aromatic N) is 1. The van der Waals surface area contributed by atoms with Crippen molar-refractivity contribution in [1.82, 2.24) is 5.43 Å². The van der Waals surface area contributed by atoms with Gasteiger partial charge in [-0.1, -0.05) is 35.3 Å². The summed E-state index contributed by atoms with van der Waals surface area (Å²) in [6.45, 7) is 0.150. The predicted octanol–water partition coefficient (Wildman–Crippen LogP) is 6.84. The first-order valence-corrected chi connectivity index (χ1v) is 12.2. The average Bonchev–Trinajstić information content (AvgIpc) is 2.83. The lowest BCUT2D eigenvalue weighted by Crippen LogP contribution is -2.24. The van der Waals surface area contributed by atoms with Crippen LogP contribution in [0.1, 0.15) is 23.1 Å². The Kier molecular flexibility index (Phi) is 10.0. The van der Waals surface area contributed by atoms with Gasteiger partial charge in [0.25, 0.3) is 0 Å². The predicted molar refractivity (Wildman–Crippen MR) is 142 cm³/mol. The molecule has 0 bridgehead atoms. The minimum atomic E-state index is -4.56. The summed E-state index contributed by atoms with van der Waals surface area (Å²) in [5.41, 5.74) is 2.43. The summed E-state index contributed by atoms with van der Waals surface area (Å²) in [7, 11) is 1.45. The molecule has 2 N–H and O–H groups in total. The van der Waals surface area contributed by atoms with Crippen molar-refractivity contribution in [3.8, 4) is 11.5 Å². The van der Waals surface area contributed by atoms with E-state index in [4.69, 9.17) is 32.7 Å². The van der Waals surface area contributed by atoms with Gasteiger partial charge >= 0.3 is 6.18 Å². The van der Waals surface area contributed by atoms with Crippen LogP contribution in [0.4, 0.5) is 18.9 Å². The van der Waals surface area contributed by atoms with Crippen molar-refractivity contribution in [2.45, 2.75) is 19.2 Å². The number of halogens is 6. The highest BCUT2D eigenvalue weighted by molar-refractivity contribution is 9.10. The van der Waals surface area contributed by atoms with E-state index in [9.17, 15) is 22.8 Å². The number of rotatable bonds is 9. The van der Waals surface area contributed by atoms with E-state index in [0.717, 1.165) is 23.8 Å². The van der Waals surface area contributed by atoms with Crippen molar-refractivity contribution in [2.24, 2.45) is 5.10 Å². The number of nitrogens with one attached hydrogen (secondary N) is 2. The number of alkyl halides is 3. The van der Waals surface area contributed by atoms with Gasteiger partial charge in [0.2, 0.25) is 11.8 Å². The van der Waals surface area contributed by atoms with Gasteiger partial charge in [0.15, 0.2) is 11.5 Å². The third-order valence-corrected chi connectivity index (χ3v) is 6.01. The van der Waals surface area contributed by atoms with E-state index in [1.165, 1.54) is 19.4 Å². The molecule has 0 aliphatic carbocycles. The summed E-state index contributed by atoms with van der Waals surface area (Å²) in [4.78, 5) is 24.1. The van der Waals surface area contributed by atoms with Gasteiger partial charge < -0.3 is 14.8 Å². The molecule has 0 fully saturated rings.